The van der Waals surface area contributed by atoms with Gasteiger partial charge in [0.1, 0.15) is 5.82 Å². The van der Waals surface area contributed by atoms with Crippen LogP contribution in [0.2, 0.25) is 0 Å². The molecule has 0 saturated carbocycles. The first kappa shape index (κ1) is 21.0. The van der Waals surface area contributed by atoms with Gasteiger partial charge in [0.15, 0.2) is 0 Å². The highest BCUT2D eigenvalue weighted by Crippen LogP contribution is 2.41. The minimum absolute atomic E-state index is 0.104. The predicted molar refractivity (Wildman–Crippen MR) is 129 cm³/mol. The quantitative estimate of drug-likeness (QED) is 0.603. The third kappa shape index (κ3) is 4.26. The topological polar surface area (TPSA) is 91.6 Å². The van der Waals surface area contributed by atoms with Gasteiger partial charge in [-0.15, -0.1) is 0 Å². The van der Waals surface area contributed by atoms with E-state index in [4.69, 9.17) is 5.73 Å². The standard InChI is InChI=1S/C26H27N5O2/c27-21-8-4-5-9-22(21)29-24(32)20-10-11-23(28-16-20)30-14-12-26(17-30)13-15-31(18-26)25(33)19-6-2-1-3-7-19/h1-11,16H,12-15,17-18,27H2,(H,29,32). The molecule has 2 aliphatic heterocycles. The maximum Gasteiger partial charge on any atom is 0.257 e. The molecule has 2 aromatic carbocycles. The van der Waals surface area contributed by atoms with Crippen LogP contribution in [0.5, 0.6) is 0 Å². The fraction of sp³-hybridized carbons (Fsp3) is 0.269. The number of amides is 2. The minimum Gasteiger partial charge on any atom is -0.397 e. The van der Waals surface area contributed by atoms with E-state index >= 15 is 0 Å². The monoisotopic (exact) mass is 441 g/mol. The van der Waals surface area contributed by atoms with E-state index in [2.05, 4.69) is 15.2 Å². The number of nitrogens with two attached hydrogens (primary N) is 1. The molecule has 2 saturated heterocycles. The van der Waals surface area contributed by atoms with E-state index in [-0.39, 0.29) is 17.2 Å². The van der Waals surface area contributed by atoms with Gasteiger partial charge in [0, 0.05) is 43.4 Å². The van der Waals surface area contributed by atoms with Gasteiger partial charge in [0.2, 0.25) is 0 Å². The molecule has 0 aliphatic carbocycles. The average molecular weight is 442 g/mol. The van der Waals surface area contributed by atoms with Crippen molar-refractivity contribution in [1.82, 2.24) is 9.88 Å². The van der Waals surface area contributed by atoms with Crippen molar-refractivity contribution in [2.75, 3.05) is 42.1 Å². The van der Waals surface area contributed by atoms with E-state index in [1.807, 2.05) is 53.4 Å². The normalized spacial score (nSPS) is 19.8. The Kier molecular flexibility index (Phi) is 5.46. The minimum atomic E-state index is -0.240. The second-order valence-electron chi connectivity index (χ2n) is 8.96. The number of hydrogen-bond donors (Lipinski definition) is 2. The zero-order chi connectivity index (χ0) is 22.8. The summed E-state index contributed by atoms with van der Waals surface area (Å²) in [5, 5.41) is 2.83. The SMILES string of the molecule is Nc1ccccc1NC(=O)c1ccc(N2CCC3(CCN(C(=O)c4ccccc4)C3)C2)nc1. The molecule has 1 aromatic heterocycles. The fourth-order valence-corrected chi connectivity index (χ4v) is 4.85. The Bertz CT molecular complexity index is 1160. The van der Waals surface area contributed by atoms with Crippen LogP contribution in [0, 0.1) is 5.41 Å². The average Bonchev–Trinajstić information content (AvgIpc) is 3.47. The molecule has 2 amide bonds. The molecule has 7 nitrogen and oxygen atoms in total. The molecule has 3 aromatic rings. The van der Waals surface area contributed by atoms with E-state index in [0.717, 1.165) is 50.4 Å². The van der Waals surface area contributed by atoms with E-state index in [1.165, 1.54) is 0 Å². The zero-order valence-corrected chi connectivity index (χ0v) is 18.4. The van der Waals surface area contributed by atoms with Crippen LogP contribution in [0.4, 0.5) is 17.2 Å². The van der Waals surface area contributed by atoms with Gasteiger partial charge in [-0.05, 0) is 49.2 Å². The molecule has 2 aliphatic rings. The number of hydrogen-bond acceptors (Lipinski definition) is 5. The lowest BCUT2D eigenvalue weighted by Crippen LogP contribution is -2.34. The molecule has 1 spiro atoms. The van der Waals surface area contributed by atoms with Crippen LogP contribution in [0.25, 0.3) is 0 Å². The second kappa shape index (κ2) is 8.58. The lowest BCUT2D eigenvalue weighted by molar-refractivity contribution is 0.0776. The molecule has 3 heterocycles. The van der Waals surface area contributed by atoms with Crippen LogP contribution < -0.4 is 16.0 Å². The van der Waals surface area contributed by atoms with Gasteiger partial charge in [-0.25, -0.2) is 4.98 Å². The van der Waals surface area contributed by atoms with E-state index in [1.54, 1.807) is 24.4 Å². The Balaban J connectivity index is 1.21. The molecule has 2 fully saturated rings. The summed E-state index contributed by atoms with van der Waals surface area (Å²) < 4.78 is 0. The van der Waals surface area contributed by atoms with Crippen molar-refractivity contribution in [2.45, 2.75) is 12.8 Å². The van der Waals surface area contributed by atoms with Crippen molar-refractivity contribution in [3.8, 4) is 0 Å². The molecule has 0 bridgehead atoms. The Morgan fingerprint density at radius 3 is 2.39 bits per heavy atom. The van der Waals surface area contributed by atoms with Crippen molar-refractivity contribution in [1.29, 1.82) is 0 Å². The van der Waals surface area contributed by atoms with Crippen LogP contribution in [0.3, 0.4) is 0 Å². The van der Waals surface area contributed by atoms with Crippen molar-refractivity contribution in [3.05, 3.63) is 84.1 Å². The third-order valence-electron chi connectivity index (χ3n) is 6.73. The van der Waals surface area contributed by atoms with Crippen LogP contribution in [0.1, 0.15) is 33.6 Å². The first-order chi connectivity index (χ1) is 16.0. The summed E-state index contributed by atoms with van der Waals surface area (Å²) in [5.41, 5.74) is 8.35. The predicted octanol–water partition coefficient (Wildman–Crippen LogP) is 3.66. The number of nitrogens with one attached hydrogen (secondary N) is 1. The summed E-state index contributed by atoms with van der Waals surface area (Å²) in [6.45, 7) is 3.32. The van der Waals surface area contributed by atoms with Gasteiger partial charge in [-0.2, -0.15) is 0 Å². The second-order valence-corrected chi connectivity index (χ2v) is 8.96. The molecule has 5 rings (SSSR count). The molecule has 0 radical (unpaired) electrons. The summed E-state index contributed by atoms with van der Waals surface area (Å²) in [6.07, 6.45) is 3.64. The fourth-order valence-electron chi connectivity index (χ4n) is 4.85. The van der Waals surface area contributed by atoms with E-state index in [0.29, 0.717) is 16.9 Å². The molecule has 33 heavy (non-hydrogen) atoms. The number of nitrogens with zero attached hydrogens (tertiary/aromatic N) is 3. The van der Waals surface area contributed by atoms with Gasteiger partial charge >= 0.3 is 0 Å². The lowest BCUT2D eigenvalue weighted by Gasteiger charge is -2.25. The van der Waals surface area contributed by atoms with E-state index < -0.39 is 0 Å². The number of rotatable bonds is 4. The Hall–Kier alpha value is -3.87. The van der Waals surface area contributed by atoms with E-state index in [9.17, 15) is 9.59 Å². The number of carbonyl (C=O) groups excluding carboxylic acids is 2. The van der Waals surface area contributed by atoms with Crippen molar-refractivity contribution >= 4 is 29.0 Å². The van der Waals surface area contributed by atoms with Gasteiger partial charge in [-0.1, -0.05) is 30.3 Å². The first-order valence-corrected chi connectivity index (χ1v) is 11.2. The number of anilines is 3. The highest BCUT2D eigenvalue weighted by molar-refractivity contribution is 6.05. The first-order valence-electron chi connectivity index (χ1n) is 11.2. The summed E-state index contributed by atoms with van der Waals surface area (Å²) in [4.78, 5) is 34.2. The maximum absolute atomic E-state index is 12.8. The zero-order valence-electron chi connectivity index (χ0n) is 18.4. The number of likely N-dealkylation sites (tertiary alicyclic amines) is 1. The number of aromatic nitrogens is 1. The third-order valence-corrected chi connectivity index (χ3v) is 6.73. The summed E-state index contributed by atoms with van der Waals surface area (Å²) in [7, 11) is 0. The molecule has 1 atom stereocenters. The largest absolute Gasteiger partial charge is 0.397 e. The van der Waals surface area contributed by atoms with Gasteiger partial charge < -0.3 is 20.9 Å². The molecular weight excluding hydrogens is 414 g/mol. The Morgan fingerprint density at radius 1 is 0.879 bits per heavy atom. The molecule has 7 heteroatoms. The van der Waals surface area contributed by atoms with Gasteiger partial charge in [0.25, 0.3) is 11.8 Å². The number of pyridine rings is 1. The van der Waals surface area contributed by atoms with Crippen molar-refractivity contribution in [2.24, 2.45) is 5.41 Å². The molecule has 3 N–H and O–H groups in total. The van der Waals surface area contributed by atoms with Crippen LogP contribution in [0.15, 0.2) is 72.9 Å². The Labute approximate surface area is 193 Å². The lowest BCUT2D eigenvalue weighted by atomic mass is 9.86. The number of benzene rings is 2. The van der Waals surface area contributed by atoms with Crippen molar-refractivity contribution in [3.63, 3.8) is 0 Å². The summed E-state index contributed by atoms with van der Waals surface area (Å²) in [6, 6.07) is 20.3. The van der Waals surface area contributed by atoms with Gasteiger partial charge in [-0.3, -0.25) is 9.59 Å². The van der Waals surface area contributed by atoms with Crippen molar-refractivity contribution < 1.29 is 9.59 Å². The number of carbonyl (C=O) groups is 2. The highest BCUT2D eigenvalue weighted by Gasteiger charge is 2.45. The van der Waals surface area contributed by atoms with Crippen LogP contribution >= 0.6 is 0 Å². The van der Waals surface area contributed by atoms with Crippen LogP contribution in [-0.4, -0.2) is 47.9 Å². The smallest absolute Gasteiger partial charge is 0.257 e. The molecule has 168 valence electrons. The molecule has 1 unspecified atom stereocenters. The number of para-hydroxylation sites is 2. The number of nitrogen functional groups attached to an aromatic ring is 1. The summed E-state index contributed by atoms with van der Waals surface area (Å²) in [5.74, 6) is 0.727. The highest BCUT2D eigenvalue weighted by atomic mass is 16.2. The van der Waals surface area contributed by atoms with Gasteiger partial charge in [0.05, 0.1) is 16.9 Å². The summed E-state index contributed by atoms with van der Waals surface area (Å²) >= 11 is 0. The Morgan fingerprint density at radius 2 is 1.64 bits per heavy atom. The molecular formula is C26H27N5O2. The van der Waals surface area contributed by atoms with Crippen LogP contribution in [-0.2, 0) is 0 Å². The maximum atomic E-state index is 12.8.